The van der Waals surface area contributed by atoms with E-state index in [0.29, 0.717) is 0 Å². The maximum atomic E-state index is 11.9. The van der Waals surface area contributed by atoms with Gasteiger partial charge in [-0.25, -0.2) is 0 Å². The van der Waals surface area contributed by atoms with Gasteiger partial charge in [-0.1, -0.05) is 0 Å². The Labute approximate surface area is 87.8 Å². The third kappa shape index (κ3) is 3.31. The number of halogens is 4. The zero-order chi connectivity index (χ0) is 12.1. The first-order chi connectivity index (χ1) is 7.52. The molecule has 0 aliphatic carbocycles. The van der Waals surface area contributed by atoms with Crippen LogP contribution in [0.15, 0.2) is 18.2 Å². The van der Waals surface area contributed by atoms with E-state index in [4.69, 9.17) is 5.26 Å². The van der Waals surface area contributed by atoms with Gasteiger partial charge in [0.05, 0.1) is 11.6 Å². The highest BCUT2D eigenvalue weighted by Gasteiger charge is 2.15. The summed E-state index contributed by atoms with van der Waals surface area (Å²) in [5.41, 5.74) is -0.00253. The predicted octanol–water partition coefficient (Wildman–Crippen LogP) is 2.76. The SMILES string of the molecule is N#Cc1ccc(OC(F)F)c(OC(F)F)c1. The quantitative estimate of drug-likeness (QED) is 0.753. The van der Waals surface area contributed by atoms with Crippen molar-refractivity contribution in [1.29, 1.82) is 5.26 Å². The number of rotatable bonds is 4. The molecule has 1 rings (SSSR count). The molecular weight excluding hydrogens is 230 g/mol. The smallest absolute Gasteiger partial charge is 0.387 e. The second kappa shape index (κ2) is 5.21. The van der Waals surface area contributed by atoms with Gasteiger partial charge in [0, 0.05) is 6.07 Å². The van der Waals surface area contributed by atoms with Crippen LogP contribution in [0.3, 0.4) is 0 Å². The van der Waals surface area contributed by atoms with Gasteiger partial charge in [-0.3, -0.25) is 0 Å². The average Bonchev–Trinajstić information content (AvgIpc) is 2.19. The molecule has 0 bridgehead atoms. The van der Waals surface area contributed by atoms with Crippen LogP contribution in [0, 0.1) is 11.3 Å². The fourth-order valence-electron chi connectivity index (χ4n) is 0.959. The summed E-state index contributed by atoms with van der Waals surface area (Å²) in [6.45, 7) is -6.35. The van der Waals surface area contributed by atoms with Gasteiger partial charge in [-0.15, -0.1) is 0 Å². The van der Waals surface area contributed by atoms with E-state index >= 15 is 0 Å². The Bertz CT molecular complexity index is 403. The number of ether oxygens (including phenoxy) is 2. The van der Waals surface area contributed by atoms with Crippen molar-refractivity contribution in [2.45, 2.75) is 13.2 Å². The summed E-state index contributed by atoms with van der Waals surface area (Å²) in [5, 5.41) is 8.49. The van der Waals surface area contributed by atoms with Crippen molar-refractivity contribution in [3.8, 4) is 17.6 Å². The minimum atomic E-state index is -3.19. The largest absolute Gasteiger partial charge is 0.431 e. The lowest BCUT2D eigenvalue weighted by Crippen LogP contribution is -2.07. The molecule has 0 aromatic heterocycles. The molecule has 86 valence electrons. The van der Waals surface area contributed by atoms with Gasteiger partial charge in [-0.2, -0.15) is 22.8 Å². The maximum absolute atomic E-state index is 11.9. The van der Waals surface area contributed by atoms with E-state index in [2.05, 4.69) is 9.47 Å². The normalized spacial score (nSPS) is 10.3. The van der Waals surface area contributed by atoms with Crippen molar-refractivity contribution < 1.29 is 27.0 Å². The molecule has 0 N–H and O–H groups in total. The van der Waals surface area contributed by atoms with Gasteiger partial charge < -0.3 is 9.47 Å². The van der Waals surface area contributed by atoms with Gasteiger partial charge in [0.2, 0.25) is 0 Å². The van der Waals surface area contributed by atoms with Crippen LogP contribution in [0.25, 0.3) is 0 Å². The standard InChI is InChI=1S/C9H5F4NO2/c10-8(11)15-6-2-1-5(4-14)3-7(6)16-9(12)13/h1-3,8-9H. The van der Waals surface area contributed by atoms with Crippen LogP contribution in [-0.2, 0) is 0 Å². The minimum Gasteiger partial charge on any atom is -0.431 e. The average molecular weight is 235 g/mol. The van der Waals surface area contributed by atoms with Crippen molar-refractivity contribution in [1.82, 2.24) is 0 Å². The molecule has 3 nitrogen and oxygen atoms in total. The highest BCUT2D eigenvalue weighted by atomic mass is 19.3. The summed E-state index contributed by atoms with van der Waals surface area (Å²) in [7, 11) is 0. The lowest BCUT2D eigenvalue weighted by atomic mass is 10.2. The number of nitrogens with zero attached hydrogens (tertiary/aromatic N) is 1. The van der Waals surface area contributed by atoms with Crippen LogP contribution < -0.4 is 9.47 Å². The zero-order valence-corrected chi connectivity index (χ0v) is 7.66. The molecule has 1 aromatic rings. The van der Waals surface area contributed by atoms with Crippen molar-refractivity contribution in [3.05, 3.63) is 23.8 Å². The van der Waals surface area contributed by atoms with Crippen molar-refractivity contribution in [3.63, 3.8) is 0 Å². The predicted molar refractivity (Wildman–Crippen MR) is 44.4 cm³/mol. The molecular formula is C9H5F4NO2. The van der Waals surface area contributed by atoms with Crippen LogP contribution in [0.1, 0.15) is 5.56 Å². The Hall–Kier alpha value is -1.97. The van der Waals surface area contributed by atoms with E-state index in [-0.39, 0.29) is 5.56 Å². The zero-order valence-electron chi connectivity index (χ0n) is 7.66. The Morgan fingerprint density at radius 3 is 2.06 bits per heavy atom. The highest BCUT2D eigenvalue weighted by Crippen LogP contribution is 2.30. The molecule has 0 aliphatic rings. The molecule has 0 amide bonds. The van der Waals surface area contributed by atoms with Gasteiger partial charge in [0.1, 0.15) is 0 Å². The number of hydrogen-bond acceptors (Lipinski definition) is 3. The summed E-state index contributed by atoms with van der Waals surface area (Å²) in [4.78, 5) is 0. The number of alkyl halides is 4. The third-order valence-corrected chi connectivity index (χ3v) is 1.50. The molecule has 0 fully saturated rings. The Morgan fingerprint density at radius 2 is 1.56 bits per heavy atom. The summed E-state index contributed by atoms with van der Waals surface area (Å²) >= 11 is 0. The summed E-state index contributed by atoms with van der Waals surface area (Å²) < 4.78 is 55.5. The lowest BCUT2D eigenvalue weighted by Gasteiger charge is -2.11. The van der Waals surface area contributed by atoms with E-state index in [0.717, 1.165) is 18.2 Å². The summed E-state index contributed by atoms with van der Waals surface area (Å²) in [5.74, 6) is -1.15. The fourth-order valence-corrected chi connectivity index (χ4v) is 0.959. The van der Waals surface area contributed by atoms with E-state index in [9.17, 15) is 17.6 Å². The van der Waals surface area contributed by atoms with Gasteiger partial charge >= 0.3 is 13.2 Å². The molecule has 0 atom stereocenters. The fraction of sp³-hybridized carbons (Fsp3) is 0.222. The molecule has 0 saturated heterocycles. The first-order valence-electron chi connectivity index (χ1n) is 3.96. The van der Waals surface area contributed by atoms with E-state index in [1.54, 1.807) is 6.07 Å². The third-order valence-electron chi connectivity index (χ3n) is 1.50. The van der Waals surface area contributed by atoms with Gasteiger partial charge in [0.25, 0.3) is 0 Å². The van der Waals surface area contributed by atoms with Gasteiger partial charge in [-0.05, 0) is 12.1 Å². The molecule has 16 heavy (non-hydrogen) atoms. The summed E-state index contributed by atoms with van der Waals surface area (Å²) in [6.07, 6.45) is 0. The Kier molecular flexibility index (Phi) is 3.94. The molecule has 0 aliphatic heterocycles. The molecule has 0 unspecified atom stereocenters. The van der Waals surface area contributed by atoms with Crippen molar-refractivity contribution >= 4 is 0 Å². The topological polar surface area (TPSA) is 42.2 Å². The molecule has 1 aromatic carbocycles. The van der Waals surface area contributed by atoms with Crippen LogP contribution >= 0.6 is 0 Å². The van der Waals surface area contributed by atoms with Crippen LogP contribution in [0.2, 0.25) is 0 Å². The molecule has 0 spiro atoms. The highest BCUT2D eigenvalue weighted by molar-refractivity contribution is 5.46. The van der Waals surface area contributed by atoms with Crippen LogP contribution in [-0.4, -0.2) is 13.2 Å². The second-order valence-corrected chi connectivity index (χ2v) is 2.53. The summed E-state index contributed by atoms with van der Waals surface area (Å²) in [6, 6.07) is 4.66. The van der Waals surface area contributed by atoms with Gasteiger partial charge in [0.15, 0.2) is 11.5 Å². The van der Waals surface area contributed by atoms with Crippen LogP contribution in [0.4, 0.5) is 17.6 Å². The van der Waals surface area contributed by atoms with E-state index in [1.165, 1.54) is 0 Å². The Morgan fingerprint density at radius 1 is 1.00 bits per heavy atom. The monoisotopic (exact) mass is 235 g/mol. The molecule has 0 heterocycles. The number of hydrogen-bond donors (Lipinski definition) is 0. The number of benzene rings is 1. The molecule has 7 heteroatoms. The number of nitriles is 1. The van der Waals surface area contributed by atoms with Crippen LogP contribution in [0.5, 0.6) is 11.5 Å². The maximum Gasteiger partial charge on any atom is 0.387 e. The minimum absolute atomic E-state index is 0.00253. The first-order valence-corrected chi connectivity index (χ1v) is 3.96. The van der Waals surface area contributed by atoms with Crippen molar-refractivity contribution in [2.75, 3.05) is 0 Å². The van der Waals surface area contributed by atoms with E-state index in [1.807, 2.05) is 0 Å². The van der Waals surface area contributed by atoms with Crippen molar-refractivity contribution in [2.24, 2.45) is 0 Å². The molecule has 0 saturated carbocycles. The lowest BCUT2D eigenvalue weighted by molar-refractivity contribution is -0.0692. The first kappa shape index (κ1) is 12.1. The second-order valence-electron chi connectivity index (χ2n) is 2.53. The Balaban J connectivity index is 3.02. The molecule has 0 radical (unpaired) electrons. The van der Waals surface area contributed by atoms with E-state index < -0.39 is 24.7 Å².